The van der Waals surface area contributed by atoms with E-state index in [4.69, 9.17) is 14.2 Å². The van der Waals surface area contributed by atoms with Crippen molar-refractivity contribution in [3.63, 3.8) is 0 Å². The van der Waals surface area contributed by atoms with Crippen LogP contribution in [-0.2, 0) is 23.9 Å². The molecule has 4 aliphatic rings. The lowest BCUT2D eigenvalue weighted by Gasteiger charge is -2.42. The second-order valence-electron chi connectivity index (χ2n) is 10.6. The van der Waals surface area contributed by atoms with Gasteiger partial charge in [-0.1, -0.05) is 45.4 Å². The van der Waals surface area contributed by atoms with Gasteiger partial charge in [-0.25, -0.2) is 0 Å². The van der Waals surface area contributed by atoms with Crippen LogP contribution in [0.5, 0.6) is 5.75 Å². The minimum absolute atomic E-state index is 0.0915. The van der Waals surface area contributed by atoms with Crippen LogP contribution in [0.2, 0.25) is 0 Å². The molecule has 0 radical (unpaired) electrons. The lowest BCUT2D eigenvalue weighted by molar-refractivity contribution is -0.159. The number of amides is 2. The zero-order chi connectivity index (χ0) is 27.2. The molecule has 4 heterocycles. The molecule has 5 rings (SSSR count). The van der Waals surface area contributed by atoms with Gasteiger partial charge in [0.2, 0.25) is 5.91 Å². The van der Waals surface area contributed by atoms with Crippen molar-refractivity contribution in [1.29, 1.82) is 0 Å². The third-order valence-electron chi connectivity index (χ3n) is 8.86. The predicted octanol–water partition coefficient (Wildman–Crippen LogP) is 2.48. The van der Waals surface area contributed by atoms with Crippen LogP contribution in [0.15, 0.2) is 48.6 Å². The van der Waals surface area contributed by atoms with Crippen LogP contribution in [0, 0.1) is 17.8 Å². The number of nitrogens with zero attached hydrogens (tertiary/aromatic N) is 2. The fourth-order valence-corrected chi connectivity index (χ4v) is 6.70. The minimum Gasteiger partial charge on any atom is -0.497 e. The maximum Gasteiger partial charge on any atom is 0.313 e. The molecule has 7 atom stereocenters. The molecule has 0 aromatic heterocycles. The van der Waals surface area contributed by atoms with E-state index in [-0.39, 0.29) is 37.5 Å². The van der Waals surface area contributed by atoms with E-state index in [2.05, 4.69) is 0 Å². The summed E-state index contributed by atoms with van der Waals surface area (Å²) in [6.45, 7) is 5.90. The van der Waals surface area contributed by atoms with Crippen LogP contribution in [0.1, 0.15) is 33.6 Å². The zero-order valence-corrected chi connectivity index (χ0v) is 22.3. The number of aliphatic hydroxyl groups excluding tert-OH is 1. The van der Waals surface area contributed by atoms with E-state index in [1.165, 1.54) is 4.90 Å². The molecule has 9 heteroatoms. The molecule has 1 unspecified atom stereocenters. The molecule has 0 aliphatic carbocycles. The number of fused-ring (bicyclic) bond motifs is 2. The third-order valence-corrected chi connectivity index (χ3v) is 8.86. The maximum absolute atomic E-state index is 14.5. The molecule has 0 bridgehead atoms. The van der Waals surface area contributed by atoms with Crippen LogP contribution in [0.3, 0.4) is 0 Å². The number of methoxy groups -OCH3 is 1. The summed E-state index contributed by atoms with van der Waals surface area (Å²) in [5.41, 5.74) is -1.82. The first kappa shape index (κ1) is 26.4. The van der Waals surface area contributed by atoms with E-state index in [1.807, 2.05) is 32.9 Å². The number of cyclic esters (lactones) is 1. The minimum atomic E-state index is -1.39. The lowest BCUT2D eigenvalue weighted by atomic mass is 9.73. The Kier molecular flexibility index (Phi) is 6.86. The average molecular weight is 525 g/mol. The molecular weight excluding hydrogens is 488 g/mol. The van der Waals surface area contributed by atoms with E-state index in [0.717, 1.165) is 0 Å². The summed E-state index contributed by atoms with van der Waals surface area (Å²) in [6, 6.07) is 5.47. The van der Waals surface area contributed by atoms with Crippen LogP contribution in [0.4, 0.5) is 5.69 Å². The molecule has 2 amide bonds. The highest BCUT2D eigenvalue weighted by Gasteiger charge is 2.76. The first-order valence-corrected chi connectivity index (χ1v) is 13.4. The van der Waals surface area contributed by atoms with Crippen LogP contribution >= 0.6 is 0 Å². The van der Waals surface area contributed by atoms with Crippen molar-refractivity contribution < 1.29 is 33.7 Å². The highest BCUT2D eigenvalue weighted by Crippen LogP contribution is 2.59. The monoisotopic (exact) mass is 524 g/mol. The Hall–Kier alpha value is -3.17. The largest absolute Gasteiger partial charge is 0.497 e. The smallest absolute Gasteiger partial charge is 0.313 e. The van der Waals surface area contributed by atoms with Gasteiger partial charge in [-0.2, -0.15) is 0 Å². The van der Waals surface area contributed by atoms with Crippen molar-refractivity contribution in [2.45, 2.75) is 56.9 Å². The Bertz CT molecular complexity index is 1160. The lowest BCUT2D eigenvalue weighted by Crippen LogP contribution is -2.60. The normalized spacial score (nSPS) is 33.7. The van der Waals surface area contributed by atoms with Gasteiger partial charge in [-0.15, -0.1) is 0 Å². The van der Waals surface area contributed by atoms with Crippen molar-refractivity contribution in [1.82, 2.24) is 4.90 Å². The number of hydrogen-bond acceptors (Lipinski definition) is 7. The Balaban J connectivity index is 1.68. The summed E-state index contributed by atoms with van der Waals surface area (Å²) in [5.74, 6) is -2.49. The van der Waals surface area contributed by atoms with Crippen molar-refractivity contribution >= 4 is 23.5 Å². The number of benzene rings is 1. The quantitative estimate of drug-likeness (QED) is 0.432. The molecule has 1 aromatic carbocycles. The number of esters is 1. The number of anilines is 1. The van der Waals surface area contributed by atoms with Crippen molar-refractivity contribution in [3.05, 3.63) is 48.6 Å². The maximum atomic E-state index is 14.5. The van der Waals surface area contributed by atoms with Gasteiger partial charge < -0.3 is 29.1 Å². The summed E-state index contributed by atoms with van der Waals surface area (Å²) in [7, 11) is 1.58. The standard InChI is InChI=1S/C29H36N2O7/c1-5-18(3)21(17-32)31-24-26(34)30(19-9-11-20(36-4)12-10-19)15-7-14-29(24)22(25(31)33)23-27(35)37-16-8-13-28(23,6-2)38-29/h7-14,18,21-24,32H,5-6,15-17H2,1-4H3/t18-,21-,22-,23+,24?,28-,29-/m0/s1. The van der Waals surface area contributed by atoms with Crippen LogP contribution in [0.25, 0.3) is 0 Å². The van der Waals surface area contributed by atoms with E-state index in [9.17, 15) is 19.5 Å². The van der Waals surface area contributed by atoms with Gasteiger partial charge in [0.15, 0.2) is 0 Å². The molecule has 204 valence electrons. The molecule has 1 spiro atoms. The van der Waals surface area contributed by atoms with Crippen molar-refractivity contribution in [2.24, 2.45) is 17.8 Å². The molecular formula is C29H36N2O7. The molecule has 9 nitrogen and oxygen atoms in total. The van der Waals surface area contributed by atoms with E-state index in [1.54, 1.807) is 48.4 Å². The number of likely N-dealkylation sites (tertiary alicyclic amines) is 1. The van der Waals surface area contributed by atoms with Gasteiger partial charge in [0, 0.05) is 12.2 Å². The molecule has 1 aromatic rings. The van der Waals surface area contributed by atoms with E-state index >= 15 is 0 Å². The summed E-state index contributed by atoms with van der Waals surface area (Å²) in [5, 5.41) is 10.5. The fraction of sp³-hybridized carbons (Fsp3) is 0.552. The molecule has 38 heavy (non-hydrogen) atoms. The van der Waals surface area contributed by atoms with Gasteiger partial charge >= 0.3 is 5.97 Å². The Labute approximate surface area is 223 Å². The van der Waals surface area contributed by atoms with Gasteiger partial charge in [0.25, 0.3) is 5.91 Å². The van der Waals surface area contributed by atoms with E-state index < -0.39 is 41.1 Å². The van der Waals surface area contributed by atoms with Crippen LogP contribution in [-0.4, -0.2) is 77.9 Å². The number of hydrogen-bond donors (Lipinski definition) is 1. The SMILES string of the molecule is CC[C@H](C)[C@H](CO)N1C(=O)[C@@H]2[C@@H]3C(=O)OCC=C[C@]3(CC)O[C@@]23C=CCN(c2ccc(OC)cc2)C(=O)C13. The van der Waals surface area contributed by atoms with Crippen molar-refractivity contribution in [2.75, 3.05) is 31.8 Å². The number of carbonyl (C=O) groups excluding carboxylic acids is 3. The predicted molar refractivity (Wildman–Crippen MR) is 139 cm³/mol. The van der Waals surface area contributed by atoms with Gasteiger partial charge in [-0.05, 0) is 42.7 Å². The van der Waals surface area contributed by atoms with E-state index in [0.29, 0.717) is 24.3 Å². The van der Waals surface area contributed by atoms with Gasteiger partial charge in [-0.3, -0.25) is 14.4 Å². The highest BCUT2D eigenvalue weighted by molar-refractivity contribution is 6.05. The molecule has 2 saturated heterocycles. The second kappa shape index (κ2) is 9.85. The van der Waals surface area contributed by atoms with Gasteiger partial charge in [0.1, 0.15) is 35.5 Å². The fourth-order valence-electron chi connectivity index (χ4n) is 6.70. The van der Waals surface area contributed by atoms with Crippen molar-refractivity contribution in [3.8, 4) is 5.75 Å². The molecule has 0 saturated carbocycles. The van der Waals surface area contributed by atoms with Crippen LogP contribution < -0.4 is 9.64 Å². The number of rotatable bonds is 7. The molecule has 2 fully saturated rings. The number of aliphatic hydroxyl groups is 1. The Morgan fingerprint density at radius 1 is 1.08 bits per heavy atom. The number of ether oxygens (including phenoxy) is 3. The number of carbonyl (C=O) groups is 3. The first-order valence-electron chi connectivity index (χ1n) is 13.4. The highest BCUT2D eigenvalue weighted by atomic mass is 16.6. The second-order valence-corrected chi connectivity index (χ2v) is 10.6. The summed E-state index contributed by atoms with van der Waals surface area (Å²) < 4.78 is 17.6. The summed E-state index contributed by atoms with van der Waals surface area (Å²) in [6.07, 6.45) is 8.34. The summed E-state index contributed by atoms with van der Waals surface area (Å²) >= 11 is 0. The molecule has 1 N–H and O–H groups in total. The van der Waals surface area contributed by atoms with Gasteiger partial charge in [0.05, 0.1) is 25.7 Å². The summed E-state index contributed by atoms with van der Waals surface area (Å²) in [4.78, 5) is 45.4. The third kappa shape index (κ3) is 3.70. The Morgan fingerprint density at radius 3 is 2.45 bits per heavy atom. The Morgan fingerprint density at radius 2 is 1.82 bits per heavy atom. The average Bonchev–Trinajstić information content (AvgIpc) is 3.21. The zero-order valence-electron chi connectivity index (χ0n) is 22.3. The first-order chi connectivity index (χ1) is 18.3. The molecule has 4 aliphatic heterocycles. The topological polar surface area (TPSA) is 106 Å².